The highest BCUT2D eigenvalue weighted by Crippen LogP contribution is 2.30. The second kappa shape index (κ2) is 16.0. The van der Waals surface area contributed by atoms with Crippen LogP contribution in [0.5, 0.6) is 0 Å². The summed E-state index contributed by atoms with van der Waals surface area (Å²) in [6.45, 7) is 20.1. The summed E-state index contributed by atoms with van der Waals surface area (Å²) in [7, 11) is 3.24. The third kappa shape index (κ3) is 8.24. The summed E-state index contributed by atoms with van der Waals surface area (Å²) in [6, 6.07) is 5.00. The standard InChI is InChI=1S/C12H12N2O2.C10H16.2C2H6/c1-7-10-6-8(11(15)13-2)4-5-9(10)12(16)14(7)3;1-5-7-9(3)10(4)8-6-2;2*1-2/h4-6H,1H2,2-3H3,(H,13,15);5-8H,1-4H3;2*1-2H3/b;7-5-,8-6-,10-9+;;. The Balaban J connectivity index is 0. The van der Waals surface area contributed by atoms with Crippen LogP contribution in [0.15, 0.2) is 60.2 Å². The van der Waals surface area contributed by atoms with E-state index < -0.39 is 0 Å². The molecule has 1 aromatic rings. The normalized spacial score (nSPS) is 12.8. The molecule has 0 aromatic heterocycles. The number of allylic oxidation sites excluding steroid dienone is 6. The molecule has 0 saturated heterocycles. The van der Waals surface area contributed by atoms with Crippen LogP contribution >= 0.6 is 0 Å². The van der Waals surface area contributed by atoms with E-state index in [2.05, 4.69) is 50.0 Å². The number of fused-ring (bicyclic) bond motifs is 1. The van der Waals surface area contributed by atoms with Gasteiger partial charge in [0.05, 0.1) is 0 Å². The number of benzene rings is 1. The van der Waals surface area contributed by atoms with Crippen molar-refractivity contribution in [3.05, 3.63) is 76.9 Å². The van der Waals surface area contributed by atoms with E-state index in [1.54, 1.807) is 32.3 Å². The molecule has 30 heavy (non-hydrogen) atoms. The van der Waals surface area contributed by atoms with Gasteiger partial charge in [-0.2, -0.15) is 0 Å². The van der Waals surface area contributed by atoms with E-state index in [1.165, 1.54) is 16.0 Å². The molecule has 0 saturated carbocycles. The Kier molecular flexibility index (Phi) is 15.6. The lowest BCUT2D eigenvalue weighted by Crippen LogP contribution is -2.17. The quantitative estimate of drug-likeness (QED) is 0.566. The molecule has 1 aliphatic rings. The SMILES string of the molecule is C=C1c2cc(C(=O)NC)ccc2C(=O)N1C.CC.CC.C\C=C/C(C)=C(C)/C=C\C. The monoisotopic (exact) mass is 412 g/mol. The molecule has 4 heteroatoms. The summed E-state index contributed by atoms with van der Waals surface area (Å²) < 4.78 is 0. The lowest BCUT2D eigenvalue weighted by molar-refractivity contribution is 0.0873. The van der Waals surface area contributed by atoms with E-state index in [-0.39, 0.29) is 11.8 Å². The number of nitrogens with zero attached hydrogens (tertiary/aromatic N) is 1. The summed E-state index contributed by atoms with van der Waals surface area (Å²) in [5.41, 5.74) is 5.16. The molecule has 2 amide bonds. The average molecular weight is 413 g/mol. The molecule has 0 unspecified atom stereocenters. The van der Waals surface area contributed by atoms with Gasteiger partial charge in [0.1, 0.15) is 0 Å². The zero-order chi connectivity index (χ0) is 23.9. The molecule has 166 valence electrons. The van der Waals surface area contributed by atoms with Crippen molar-refractivity contribution in [2.24, 2.45) is 0 Å². The maximum atomic E-state index is 11.7. The second-order valence-corrected chi connectivity index (χ2v) is 6.02. The molecule has 0 fully saturated rings. The van der Waals surface area contributed by atoms with Gasteiger partial charge in [0, 0.05) is 36.5 Å². The van der Waals surface area contributed by atoms with Crippen LogP contribution in [0.3, 0.4) is 0 Å². The predicted octanol–water partition coefficient (Wildman–Crippen LogP) is 6.63. The molecule has 0 bridgehead atoms. The highest BCUT2D eigenvalue weighted by molar-refractivity contribution is 6.09. The predicted molar refractivity (Wildman–Crippen MR) is 132 cm³/mol. The van der Waals surface area contributed by atoms with Gasteiger partial charge in [-0.15, -0.1) is 0 Å². The van der Waals surface area contributed by atoms with E-state index in [0.717, 1.165) is 5.56 Å². The lowest BCUT2D eigenvalue weighted by atomic mass is 10.0. The molecule has 0 radical (unpaired) electrons. The molecular formula is C26H40N2O2. The topological polar surface area (TPSA) is 49.4 Å². The van der Waals surface area contributed by atoms with Gasteiger partial charge in [0.2, 0.25) is 0 Å². The molecule has 0 spiro atoms. The summed E-state index contributed by atoms with van der Waals surface area (Å²) in [4.78, 5) is 24.7. The number of carbonyl (C=O) groups is 2. The first-order chi connectivity index (χ1) is 14.3. The Morgan fingerprint density at radius 2 is 1.43 bits per heavy atom. The van der Waals surface area contributed by atoms with Crippen molar-refractivity contribution in [1.29, 1.82) is 0 Å². The van der Waals surface area contributed by atoms with Gasteiger partial charge in [-0.25, -0.2) is 0 Å². The van der Waals surface area contributed by atoms with Gasteiger partial charge >= 0.3 is 0 Å². The fourth-order valence-electron chi connectivity index (χ4n) is 2.50. The molecule has 4 nitrogen and oxygen atoms in total. The van der Waals surface area contributed by atoms with E-state index in [1.807, 2.05) is 41.5 Å². The Hall–Kier alpha value is -2.88. The van der Waals surface area contributed by atoms with Gasteiger partial charge in [-0.1, -0.05) is 58.6 Å². The van der Waals surface area contributed by atoms with Crippen molar-refractivity contribution in [2.45, 2.75) is 55.4 Å². The van der Waals surface area contributed by atoms with Crippen molar-refractivity contribution >= 4 is 17.5 Å². The maximum absolute atomic E-state index is 11.7. The smallest absolute Gasteiger partial charge is 0.258 e. The van der Waals surface area contributed by atoms with E-state index in [4.69, 9.17) is 0 Å². The third-order valence-corrected chi connectivity index (χ3v) is 4.21. The first-order valence-electron chi connectivity index (χ1n) is 10.5. The van der Waals surface area contributed by atoms with Crippen LogP contribution in [0, 0.1) is 0 Å². The molecule has 1 aromatic carbocycles. The van der Waals surface area contributed by atoms with Crippen LogP contribution in [0.25, 0.3) is 5.70 Å². The molecule has 0 aliphatic carbocycles. The van der Waals surface area contributed by atoms with Gasteiger partial charge in [0.25, 0.3) is 11.8 Å². The Labute approximate surface area is 184 Å². The maximum Gasteiger partial charge on any atom is 0.258 e. The minimum Gasteiger partial charge on any atom is -0.355 e. The zero-order valence-electron chi connectivity index (χ0n) is 20.5. The largest absolute Gasteiger partial charge is 0.355 e. The van der Waals surface area contributed by atoms with E-state index in [9.17, 15) is 9.59 Å². The Morgan fingerprint density at radius 1 is 0.967 bits per heavy atom. The lowest BCUT2D eigenvalue weighted by Gasteiger charge is -2.08. The van der Waals surface area contributed by atoms with Crippen LogP contribution in [0.4, 0.5) is 0 Å². The highest BCUT2D eigenvalue weighted by atomic mass is 16.2. The van der Waals surface area contributed by atoms with Crippen LogP contribution in [-0.4, -0.2) is 30.8 Å². The number of carbonyl (C=O) groups excluding carboxylic acids is 2. The van der Waals surface area contributed by atoms with E-state index >= 15 is 0 Å². The van der Waals surface area contributed by atoms with Crippen molar-refractivity contribution in [3.63, 3.8) is 0 Å². The highest BCUT2D eigenvalue weighted by Gasteiger charge is 2.28. The molecule has 1 N–H and O–H groups in total. The minimum atomic E-state index is -0.169. The molecule has 0 atom stereocenters. The minimum absolute atomic E-state index is 0.0801. The van der Waals surface area contributed by atoms with E-state index in [0.29, 0.717) is 16.8 Å². The van der Waals surface area contributed by atoms with Crippen LogP contribution in [-0.2, 0) is 0 Å². The number of hydrogen-bond donors (Lipinski definition) is 1. The van der Waals surface area contributed by atoms with Gasteiger partial charge < -0.3 is 10.2 Å². The average Bonchev–Trinajstić information content (AvgIpc) is 3.00. The summed E-state index contributed by atoms with van der Waals surface area (Å²) in [5, 5.41) is 2.54. The Morgan fingerprint density at radius 3 is 1.83 bits per heavy atom. The van der Waals surface area contributed by atoms with Gasteiger partial charge in [-0.3, -0.25) is 9.59 Å². The second-order valence-electron chi connectivity index (χ2n) is 6.02. The number of nitrogens with one attached hydrogen (secondary N) is 1. The Bertz CT molecular complexity index is 779. The molecular weight excluding hydrogens is 372 g/mol. The fourth-order valence-corrected chi connectivity index (χ4v) is 2.50. The van der Waals surface area contributed by atoms with Crippen LogP contribution in [0.2, 0.25) is 0 Å². The van der Waals surface area contributed by atoms with Crippen molar-refractivity contribution in [3.8, 4) is 0 Å². The number of rotatable bonds is 3. The van der Waals surface area contributed by atoms with Crippen molar-refractivity contribution in [1.82, 2.24) is 10.2 Å². The third-order valence-electron chi connectivity index (χ3n) is 4.21. The summed E-state index contributed by atoms with van der Waals surface area (Å²) in [5.74, 6) is -0.249. The first kappa shape index (κ1) is 29.3. The molecule has 2 rings (SSSR count). The first-order valence-corrected chi connectivity index (χ1v) is 10.5. The van der Waals surface area contributed by atoms with Gasteiger partial charge in [0.15, 0.2) is 0 Å². The van der Waals surface area contributed by atoms with Crippen LogP contribution in [0.1, 0.15) is 81.7 Å². The van der Waals surface area contributed by atoms with Crippen molar-refractivity contribution < 1.29 is 9.59 Å². The number of hydrogen-bond acceptors (Lipinski definition) is 2. The van der Waals surface area contributed by atoms with Crippen molar-refractivity contribution in [2.75, 3.05) is 14.1 Å². The molecule has 1 aliphatic heterocycles. The molecule has 1 heterocycles. The zero-order valence-corrected chi connectivity index (χ0v) is 20.5. The van der Waals surface area contributed by atoms with Crippen LogP contribution < -0.4 is 5.32 Å². The fraction of sp³-hybridized carbons (Fsp3) is 0.385. The number of amides is 2. The van der Waals surface area contributed by atoms with Gasteiger partial charge in [-0.05, 0) is 57.0 Å². The summed E-state index contributed by atoms with van der Waals surface area (Å²) in [6.07, 6.45) is 8.36. The summed E-state index contributed by atoms with van der Waals surface area (Å²) >= 11 is 0.